The average Bonchev–Trinajstić information content (AvgIpc) is 2.26. The molecule has 4 nitrogen and oxygen atoms in total. The van der Waals surface area contributed by atoms with Gasteiger partial charge in [0.25, 0.3) is 0 Å². The number of hydrogen-bond donors (Lipinski definition) is 0. The molecule has 0 aliphatic rings. The second-order valence-electron chi connectivity index (χ2n) is 4.23. The Kier molecular flexibility index (Phi) is 4.26. The lowest BCUT2D eigenvalue weighted by atomic mass is 10.2. The van der Waals surface area contributed by atoms with Crippen molar-refractivity contribution in [2.45, 2.75) is 13.8 Å². The summed E-state index contributed by atoms with van der Waals surface area (Å²) in [7, 11) is 3.35. The van der Waals surface area contributed by atoms with Crippen molar-refractivity contribution in [2.24, 2.45) is 0 Å². The van der Waals surface area contributed by atoms with Gasteiger partial charge < -0.3 is 9.80 Å². The van der Waals surface area contributed by atoms with Crippen molar-refractivity contribution in [3.63, 3.8) is 0 Å². The summed E-state index contributed by atoms with van der Waals surface area (Å²) in [5.41, 5.74) is 1.87. The van der Waals surface area contributed by atoms with E-state index >= 15 is 0 Å². The van der Waals surface area contributed by atoms with E-state index in [0.717, 1.165) is 11.3 Å². The highest BCUT2D eigenvalue weighted by molar-refractivity contribution is 5.97. The summed E-state index contributed by atoms with van der Waals surface area (Å²) in [4.78, 5) is 26.1. The van der Waals surface area contributed by atoms with Crippen molar-refractivity contribution in [1.29, 1.82) is 0 Å². The number of nitrogens with zero attached hydrogens (tertiary/aromatic N) is 2. The van der Waals surface area contributed by atoms with Crippen molar-refractivity contribution < 1.29 is 9.59 Å². The van der Waals surface area contributed by atoms with Gasteiger partial charge in [0.1, 0.15) is 6.54 Å². The van der Waals surface area contributed by atoms with E-state index in [1.165, 1.54) is 16.7 Å². The number of rotatable bonds is 3. The molecule has 0 N–H and O–H groups in total. The van der Waals surface area contributed by atoms with Crippen LogP contribution in [0.3, 0.4) is 0 Å². The fourth-order valence-electron chi connectivity index (χ4n) is 1.39. The van der Waals surface area contributed by atoms with Crippen LogP contribution in [-0.2, 0) is 9.59 Å². The number of carbonyl (C=O) groups is 2. The van der Waals surface area contributed by atoms with Gasteiger partial charge in [0.05, 0.1) is 0 Å². The van der Waals surface area contributed by atoms with Crippen LogP contribution in [0.1, 0.15) is 12.5 Å². The molecule has 1 aromatic rings. The number of carbonyl (C=O) groups excluding carboxylic acids is 2. The second-order valence-corrected chi connectivity index (χ2v) is 4.23. The Morgan fingerprint density at radius 2 is 1.65 bits per heavy atom. The number of likely N-dealkylation sites (N-methyl/N-ethyl adjacent to an activating group) is 1. The molecule has 0 bridgehead atoms. The van der Waals surface area contributed by atoms with Crippen molar-refractivity contribution in [1.82, 2.24) is 4.90 Å². The van der Waals surface area contributed by atoms with Gasteiger partial charge in [0.2, 0.25) is 11.8 Å². The first-order valence-electron chi connectivity index (χ1n) is 5.46. The number of aryl methyl sites for hydroxylation is 1. The zero-order chi connectivity index (χ0) is 13.0. The van der Waals surface area contributed by atoms with E-state index < -0.39 is 0 Å². The van der Waals surface area contributed by atoms with Crippen molar-refractivity contribution in [2.75, 3.05) is 25.5 Å². The van der Waals surface area contributed by atoms with Crippen LogP contribution in [0.2, 0.25) is 0 Å². The van der Waals surface area contributed by atoms with Crippen molar-refractivity contribution in [3.8, 4) is 0 Å². The molecule has 0 atom stereocenters. The SMILES string of the molecule is CC(=O)N(CC(=O)N(C)C)c1ccc(C)cc1. The van der Waals surface area contributed by atoms with E-state index in [-0.39, 0.29) is 18.4 Å². The zero-order valence-electron chi connectivity index (χ0n) is 10.7. The summed E-state index contributed by atoms with van der Waals surface area (Å²) in [6.07, 6.45) is 0. The Bertz CT molecular complexity index is 410. The maximum Gasteiger partial charge on any atom is 0.242 e. The van der Waals surface area contributed by atoms with Gasteiger partial charge in [-0.3, -0.25) is 9.59 Å². The lowest BCUT2D eigenvalue weighted by Gasteiger charge is -2.22. The first-order chi connectivity index (χ1) is 7.91. The summed E-state index contributed by atoms with van der Waals surface area (Å²) in [6, 6.07) is 7.54. The Balaban J connectivity index is 2.90. The van der Waals surface area contributed by atoms with Gasteiger partial charge in [-0.05, 0) is 19.1 Å². The summed E-state index contributed by atoms with van der Waals surface area (Å²) >= 11 is 0. The summed E-state index contributed by atoms with van der Waals surface area (Å²) in [5.74, 6) is -0.232. The maximum absolute atomic E-state index is 11.6. The Labute approximate surface area is 102 Å². The molecule has 0 aliphatic heterocycles. The third-order valence-corrected chi connectivity index (χ3v) is 2.52. The Hall–Kier alpha value is -1.84. The second kappa shape index (κ2) is 5.48. The fourth-order valence-corrected chi connectivity index (χ4v) is 1.39. The van der Waals surface area contributed by atoms with Crippen LogP contribution in [0.4, 0.5) is 5.69 Å². The third kappa shape index (κ3) is 3.59. The summed E-state index contributed by atoms with van der Waals surface area (Å²) < 4.78 is 0. The van der Waals surface area contributed by atoms with E-state index in [9.17, 15) is 9.59 Å². The van der Waals surface area contributed by atoms with Crippen LogP contribution >= 0.6 is 0 Å². The molecule has 0 heterocycles. The topological polar surface area (TPSA) is 40.6 Å². The normalized spacial score (nSPS) is 9.88. The number of amides is 2. The van der Waals surface area contributed by atoms with Crippen LogP contribution in [0, 0.1) is 6.92 Å². The fraction of sp³-hybridized carbons (Fsp3) is 0.385. The standard InChI is InChI=1S/C13H18N2O2/c1-10-5-7-12(8-6-10)15(11(2)16)9-13(17)14(3)4/h5-8H,9H2,1-4H3. The predicted molar refractivity (Wildman–Crippen MR) is 67.9 cm³/mol. The molecule has 0 aromatic heterocycles. The first-order valence-corrected chi connectivity index (χ1v) is 5.46. The van der Waals surface area contributed by atoms with Crippen LogP contribution in [-0.4, -0.2) is 37.4 Å². The van der Waals surface area contributed by atoms with Crippen LogP contribution < -0.4 is 4.90 Å². The van der Waals surface area contributed by atoms with Crippen LogP contribution in [0.15, 0.2) is 24.3 Å². The van der Waals surface area contributed by atoms with Crippen LogP contribution in [0.5, 0.6) is 0 Å². The molecule has 1 rings (SSSR count). The lowest BCUT2D eigenvalue weighted by molar-refractivity contribution is -0.129. The van der Waals surface area contributed by atoms with Gasteiger partial charge in [0.15, 0.2) is 0 Å². The molecule has 0 radical (unpaired) electrons. The molecule has 0 saturated carbocycles. The molecule has 0 saturated heterocycles. The maximum atomic E-state index is 11.6. The predicted octanol–water partition coefficient (Wildman–Crippen LogP) is 1.44. The minimum atomic E-state index is -0.135. The van der Waals surface area contributed by atoms with E-state index in [2.05, 4.69) is 0 Å². The number of anilines is 1. The van der Waals surface area contributed by atoms with E-state index in [4.69, 9.17) is 0 Å². The monoisotopic (exact) mass is 234 g/mol. The highest BCUT2D eigenvalue weighted by atomic mass is 16.2. The summed E-state index contributed by atoms with van der Waals surface area (Å²) in [5, 5.41) is 0. The minimum Gasteiger partial charge on any atom is -0.347 e. The molecule has 0 unspecified atom stereocenters. The molecule has 4 heteroatoms. The summed E-state index contributed by atoms with van der Waals surface area (Å²) in [6.45, 7) is 3.51. The quantitative estimate of drug-likeness (QED) is 0.794. The molecule has 2 amide bonds. The number of hydrogen-bond acceptors (Lipinski definition) is 2. The molecule has 0 aliphatic carbocycles. The molecule has 0 fully saturated rings. The lowest BCUT2D eigenvalue weighted by Crippen LogP contribution is -2.39. The van der Waals surface area contributed by atoms with Gasteiger partial charge in [-0.2, -0.15) is 0 Å². The largest absolute Gasteiger partial charge is 0.347 e. The highest BCUT2D eigenvalue weighted by Gasteiger charge is 2.16. The molecule has 1 aromatic carbocycles. The highest BCUT2D eigenvalue weighted by Crippen LogP contribution is 2.15. The van der Waals surface area contributed by atoms with Gasteiger partial charge in [-0.25, -0.2) is 0 Å². The Morgan fingerprint density at radius 3 is 2.06 bits per heavy atom. The molecule has 17 heavy (non-hydrogen) atoms. The zero-order valence-corrected chi connectivity index (χ0v) is 10.7. The molecule has 92 valence electrons. The van der Waals surface area contributed by atoms with E-state index in [0.29, 0.717) is 0 Å². The van der Waals surface area contributed by atoms with Gasteiger partial charge in [-0.15, -0.1) is 0 Å². The van der Waals surface area contributed by atoms with E-state index in [1.54, 1.807) is 14.1 Å². The third-order valence-electron chi connectivity index (χ3n) is 2.52. The van der Waals surface area contributed by atoms with E-state index in [1.807, 2.05) is 31.2 Å². The first kappa shape index (κ1) is 13.2. The molecule has 0 spiro atoms. The number of benzene rings is 1. The minimum absolute atomic E-state index is 0.0748. The van der Waals surface area contributed by atoms with Gasteiger partial charge in [0, 0.05) is 26.7 Å². The average molecular weight is 234 g/mol. The Morgan fingerprint density at radius 1 is 1.12 bits per heavy atom. The van der Waals surface area contributed by atoms with Crippen LogP contribution in [0.25, 0.3) is 0 Å². The van der Waals surface area contributed by atoms with Gasteiger partial charge in [-0.1, -0.05) is 17.7 Å². The van der Waals surface area contributed by atoms with Crippen molar-refractivity contribution in [3.05, 3.63) is 29.8 Å². The van der Waals surface area contributed by atoms with Gasteiger partial charge >= 0.3 is 0 Å². The molecular weight excluding hydrogens is 216 g/mol. The van der Waals surface area contributed by atoms with Crippen molar-refractivity contribution >= 4 is 17.5 Å². The molecular formula is C13H18N2O2. The smallest absolute Gasteiger partial charge is 0.242 e.